The quantitative estimate of drug-likeness (QED) is 0.732. The highest BCUT2D eigenvalue weighted by Gasteiger charge is 2.33. The van der Waals surface area contributed by atoms with E-state index in [-0.39, 0.29) is 11.8 Å². The van der Waals surface area contributed by atoms with Crippen molar-refractivity contribution >= 4 is 5.91 Å². The largest absolute Gasteiger partial charge is 0.338 e. The molecule has 0 saturated carbocycles. The van der Waals surface area contributed by atoms with Crippen molar-refractivity contribution in [1.82, 2.24) is 15.0 Å². The molecule has 0 bridgehead atoms. The van der Waals surface area contributed by atoms with Crippen LogP contribution in [0.2, 0.25) is 0 Å². The van der Waals surface area contributed by atoms with Crippen molar-refractivity contribution in [3.63, 3.8) is 0 Å². The normalized spacial score (nSPS) is 17.2. The molecule has 1 atom stereocenters. The van der Waals surface area contributed by atoms with E-state index in [1.807, 2.05) is 66.4 Å². The minimum Gasteiger partial charge on any atom is -0.338 e. The average molecular weight is 333 g/mol. The van der Waals surface area contributed by atoms with Crippen LogP contribution >= 0.6 is 0 Å². The standard InChI is InChI=1S/C20H19N3O2/c1-14-7-9-16(10-8-14)20-21-19(22-25-20)17-11-18(24)23(13-17)12-15-5-3-2-4-6-15/h2-10,17H,11-13H2,1H3. The summed E-state index contributed by atoms with van der Waals surface area (Å²) in [6, 6.07) is 18.0. The molecule has 5 heteroatoms. The smallest absolute Gasteiger partial charge is 0.257 e. The van der Waals surface area contributed by atoms with E-state index in [0.717, 1.165) is 11.1 Å². The summed E-state index contributed by atoms with van der Waals surface area (Å²) in [6.07, 6.45) is 0.430. The van der Waals surface area contributed by atoms with Crippen LogP contribution < -0.4 is 0 Å². The number of benzene rings is 2. The number of carbonyl (C=O) groups excluding carboxylic acids is 1. The molecule has 1 aliphatic rings. The van der Waals surface area contributed by atoms with Gasteiger partial charge in [-0.1, -0.05) is 53.2 Å². The monoisotopic (exact) mass is 333 g/mol. The van der Waals surface area contributed by atoms with Crippen molar-refractivity contribution in [2.24, 2.45) is 0 Å². The molecular formula is C20H19N3O2. The zero-order valence-corrected chi connectivity index (χ0v) is 14.1. The number of hydrogen-bond acceptors (Lipinski definition) is 4. The van der Waals surface area contributed by atoms with E-state index in [9.17, 15) is 4.79 Å². The summed E-state index contributed by atoms with van der Waals surface area (Å²) in [6.45, 7) is 3.29. The van der Waals surface area contributed by atoms with Crippen molar-refractivity contribution in [3.8, 4) is 11.5 Å². The molecule has 2 heterocycles. The topological polar surface area (TPSA) is 59.2 Å². The summed E-state index contributed by atoms with van der Waals surface area (Å²) >= 11 is 0. The maximum Gasteiger partial charge on any atom is 0.257 e. The van der Waals surface area contributed by atoms with Gasteiger partial charge in [-0.2, -0.15) is 4.98 Å². The highest BCUT2D eigenvalue weighted by Crippen LogP contribution is 2.29. The summed E-state index contributed by atoms with van der Waals surface area (Å²) in [7, 11) is 0. The number of hydrogen-bond donors (Lipinski definition) is 0. The van der Waals surface area contributed by atoms with Gasteiger partial charge in [0, 0.05) is 31.0 Å². The van der Waals surface area contributed by atoms with Gasteiger partial charge in [0.05, 0.1) is 0 Å². The Morgan fingerprint density at radius 2 is 1.88 bits per heavy atom. The van der Waals surface area contributed by atoms with Crippen molar-refractivity contribution in [3.05, 3.63) is 71.5 Å². The molecule has 25 heavy (non-hydrogen) atoms. The second kappa shape index (κ2) is 6.51. The third-order valence-corrected chi connectivity index (χ3v) is 4.54. The van der Waals surface area contributed by atoms with Gasteiger partial charge in [-0.05, 0) is 24.6 Å². The van der Waals surface area contributed by atoms with E-state index in [1.54, 1.807) is 0 Å². The summed E-state index contributed by atoms with van der Waals surface area (Å²) in [5, 5.41) is 4.11. The lowest BCUT2D eigenvalue weighted by Crippen LogP contribution is -2.24. The second-order valence-electron chi connectivity index (χ2n) is 6.48. The molecule has 3 aromatic rings. The molecule has 0 N–H and O–H groups in total. The number of nitrogens with zero attached hydrogens (tertiary/aromatic N) is 3. The van der Waals surface area contributed by atoms with E-state index < -0.39 is 0 Å². The van der Waals surface area contributed by atoms with Crippen molar-refractivity contribution in [2.75, 3.05) is 6.54 Å². The van der Waals surface area contributed by atoms with E-state index >= 15 is 0 Å². The Bertz CT molecular complexity index is 871. The van der Waals surface area contributed by atoms with Gasteiger partial charge in [-0.25, -0.2) is 0 Å². The number of aryl methyl sites for hydroxylation is 1. The lowest BCUT2D eigenvalue weighted by molar-refractivity contribution is -0.128. The first kappa shape index (κ1) is 15.6. The highest BCUT2D eigenvalue weighted by molar-refractivity contribution is 5.79. The number of rotatable bonds is 4. The van der Waals surface area contributed by atoms with Crippen molar-refractivity contribution < 1.29 is 9.32 Å². The third-order valence-electron chi connectivity index (χ3n) is 4.54. The fraction of sp³-hybridized carbons (Fsp3) is 0.250. The van der Waals surface area contributed by atoms with Gasteiger partial charge in [0.15, 0.2) is 5.82 Å². The van der Waals surface area contributed by atoms with Gasteiger partial charge in [0.2, 0.25) is 5.91 Å². The maximum absolute atomic E-state index is 12.3. The van der Waals surface area contributed by atoms with E-state index in [2.05, 4.69) is 10.1 Å². The lowest BCUT2D eigenvalue weighted by Gasteiger charge is -2.15. The minimum atomic E-state index is -0.0147. The van der Waals surface area contributed by atoms with Crippen LogP contribution in [0.1, 0.15) is 29.3 Å². The van der Waals surface area contributed by atoms with Crippen LogP contribution in [0.5, 0.6) is 0 Å². The Hall–Kier alpha value is -2.95. The number of likely N-dealkylation sites (tertiary alicyclic amines) is 1. The van der Waals surface area contributed by atoms with Gasteiger partial charge in [0.1, 0.15) is 0 Å². The molecule has 1 unspecified atom stereocenters. The predicted octanol–water partition coefficient (Wildman–Crippen LogP) is 3.56. The molecule has 0 spiro atoms. The zero-order chi connectivity index (χ0) is 17.2. The van der Waals surface area contributed by atoms with Gasteiger partial charge in [-0.15, -0.1) is 0 Å². The Balaban J connectivity index is 1.48. The van der Waals surface area contributed by atoms with Crippen molar-refractivity contribution in [2.45, 2.75) is 25.8 Å². The Morgan fingerprint density at radius 1 is 1.12 bits per heavy atom. The van der Waals surface area contributed by atoms with E-state index in [1.165, 1.54) is 5.56 Å². The molecule has 5 nitrogen and oxygen atoms in total. The van der Waals surface area contributed by atoms with Crippen LogP contribution in [0.3, 0.4) is 0 Å². The summed E-state index contributed by atoms with van der Waals surface area (Å²) in [5.41, 5.74) is 3.21. The second-order valence-corrected chi connectivity index (χ2v) is 6.48. The Morgan fingerprint density at radius 3 is 2.64 bits per heavy atom. The van der Waals surface area contributed by atoms with Gasteiger partial charge < -0.3 is 9.42 Å². The third kappa shape index (κ3) is 3.31. The minimum absolute atomic E-state index is 0.0147. The Kier molecular flexibility index (Phi) is 4.06. The van der Waals surface area contributed by atoms with Crippen LogP contribution in [0.25, 0.3) is 11.5 Å². The number of aromatic nitrogens is 2. The lowest BCUT2D eigenvalue weighted by atomic mass is 10.1. The molecule has 126 valence electrons. The summed E-state index contributed by atoms with van der Waals surface area (Å²) in [5.74, 6) is 1.23. The molecular weight excluding hydrogens is 314 g/mol. The number of amides is 1. The predicted molar refractivity (Wildman–Crippen MR) is 93.7 cm³/mol. The summed E-state index contributed by atoms with van der Waals surface area (Å²) < 4.78 is 5.40. The highest BCUT2D eigenvalue weighted by atomic mass is 16.5. The first-order valence-electron chi connectivity index (χ1n) is 8.41. The fourth-order valence-electron chi connectivity index (χ4n) is 3.12. The maximum atomic E-state index is 12.3. The molecule has 1 fully saturated rings. The van der Waals surface area contributed by atoms with Crippen LogP contribution in [0, 0.1) is 6.92 Å². The molecule has 1 amide bonds. The molecule has 1 aromatic heterocycles. The first-order valence-corrected chi connectivity index (χ1v) is 8.41. The average Bonchev–Trinajstić information content (AvgIpc) is 3.24. The fourth-order valence-corrected chi connectivity index (χ4v) is 3.12. The van der Waals surface area contributed by atoms with E-state index in [0.29, 0.717) is 31.2 Å². The number of carbonyl (C=O) groups is 1. The molecule has 0 radical (unpaired) electrons. The zero-order valence-electron chi connectivity index (χ0n) is 14.1. The molecule has 2 aromatic carbocycles. The van der Waals surface area contributed by atoms with E-state index in [4.69, 9.17) is 4.52 Å². The SMILES string of the molecule is Cc1ccc(-c2nc(C3CC(=O)N(Cc4ccccc4)C3)no2)cc1. The molecule has 4 rings (SSSR count). The van der Waals surface area contributed by atoms with Gasteiger partial charge in [0.25, 0.3) is 5.89 Å². The molecule has 1 aliphatic heterocycles. The van der Waals surface area contributed by atoms with Crippen LogP contribution in [-0.2, 0) is 11.3 Å². The van der Waals surface area contributed by atoms with Crippen LogP contribution in [0.4, 0.5) is 0 Å². The summed E-state index contributed by atoms with van der Waals surface area (Å²) in [4.78, 5) is 18.7. The van der Waals surface area contributed by atoms with Gasteiger partial charge in [-0.3, -0.25) is 4.79 Å². The van der Waals surface area contributed by atoms with Gasteiger partial charge >= 0.3 is 0 Å². The van der Waals surface area contributed by atoms with Crippen molar-refractivity contribution in [1.29, 1.82) is 0 Å². The Labute approximate surface area is 146 Å². The first-order chi connectivity index (χ1) is 12.2. The molecule has 0 aliphatic carbocycles. The molecule has 1 saturated heterocycles. The van der Waals surface area contributed by atoms with Crippen LogP contribution in [0.15, 0.2) is 59.1 Å². The van der Waals surface area contributed by atoms with Crippen LogP contribution in [-0.4, -0.2) is 27.5 Å².